The zero-order chi connectivity index (χ0) is 10.6. The van der Waals surface area contributed by atoms with E-state index in [2.05, 4.69) is 20.8 Å². The van der Waals surface area contributed by atoms with E-state index in [1.165, 1.54) is 12.8 Å². The summed E-state index contributed by atoms with van der Waals surface area (Å²) in [5.41, 5.74) is 6.19. The van der Waals surface area contributed by atoms with Crippen molar-refractivity contribution in [2.45, 2.75) is 64.5 Å². The molecule has 1 aliphatic rings. The van der Waals surface area contributed by atoms with Crippen LogP contribution in [0.4, 0.5) is 0 Å². The molecule has 1 aliphatic carbocycles. The minimum atomic E-state index is -0.00396. The van der Waals surface area contributed by atoms with Gasteiger partial charge in [0.25, 0.3) is 0 Å². The number of hydrogen-bond acceptors (Lipinski definition) is 2. The van der Waals surface area contributed by atoms with Gasteiger partial charge in [-0.3, -0.25) is 0 Å². The van der Waals surface area contributed by atoms with E-state index >= 15 is 0 Å². The maximum Gasteiger partial charge on any atom is 0.0832 e. The lowest BCUT2D eigenvalue weighted by molar-refractivity contribution is -0.0890. The summed E-state index contributed by atoms with van der Waals surface area (Å²) in [4.78, 5) is 0. The summed E-state index contributed by atoms with van der Waals surface area (Å²) >= 11 is 0. The van der Waals surface area contributed by atoms with Crippen molar-refractivity contribution >= 4 is 0 Å². The summed E-state index contributed by atoms with van der Waals surface area (Å²) in [6.07, 6.45) is 5.86. The number of nitrogens with two attached hydrogens (primary N) is 1. The number of ether oxygens (including phenoxy) is 1. The fourth-order valence-electron chi connectivity index (χ4n) is 2.53. The van der Waals surface area contributed by atoms with E-state index in [4.69, 9.17) is 10.5 Å². The Labute approximate surface area is 88.2 Å². The van der Waals surface area contributed by atoms with E-state index in [0.29, 0.717) is 0 Å². The molecule has 0 unspecified atom stereocenters. The summed E-state index contributed by atoms with van der Waals surface area (Å²) in [7, 11) is 0. The largest absolute Gasteiger partial charge is 0.374 e. The Balaban J connectivity index is 2.62. The van der Waals surface area contributed by atoms with E-state index < -0.39 is 0 Å². The van der Waals surface area contributed by atoms with Crippen LogP contribution in [-0.2, 0) is 4.74 Å². The van der Waals surface area contributed by atoms with Crippen LogP contribution in [0, 0.1) is 5.92 Å². The topological polar surface area (TPSA) is 35.2 Å². The maximum absolute atomic E-state index is 6.19. The Morgan fingerprint density at radius 3 is 2.36 bits per heavy atom. The average molecular weight is 199 g/mol. The Bertz CT molecular complexity index is 162. The van der Waals surface area contributed by atoms with Gasteiger partial charge in [0.2, 0.25) is 0 Å². The second-order valence-electron chi connectivity index (χ2n) is 4.70. The molecule has 0 radical (unpaired) electrons. The van der Waals surface area contributed by atoms with E-state index in [9.17, 15) is 0 Å². The molecule has 0 aromatic carbocycles. The lowest BCUT2D eigenvalue weighted by Crippen LogP contribution is -2.51. The third-order valence-electron chi connectivity index (χ3n) is 3.67. The van der Waals surface area contributed by atoms with E-state index in [0.717, 1.165) is 31.8 Å². The van der Waals surface area contributed by atoms with Gasteiger partial charge in [-0.05, 0) is 44.9 Å². The number of rotatable bonds is 4. The van der Waals surface area contributed by atoms with Crippen LogP contribution in [-0.4, -0.2) is 18.2 Å². The summed E-state index contributed by atoms with van der Waals surface area (Å²) in [5, 5.41) is 0. The molecule has 2 heteroatoms. The minimum absolute atomic E-state index is 0.00396. The molecule has 0 aliphatic heterocycles. The normalized spacial score (nSPS) is 35.6. The SMILES string of the molecule is CCOC1([C@H](N)CC)CCC(C)CC1. The fourth-order valence-corrected chi connectivity index (χ4v) is 2.53. The molecule has 84 valence electrons. The van der Waals surface area contributed by atoms with Crippen LogP contribution < -0.4 is 5.73 Å². The minimum Gasteiger partial charge on any atom is -0.374 e. The second-order valence-corrected chi connectivity index (χ2v) is 4.70. The Morgan fingerprint density at radius 2 is 1.93 bits per heavy atom. The predicted octanol–water partition coefficient (Wildman–Crippen LogP) is 2.71. The summed E-state index contributed by atoms with van der Waals surface area (Å²) in [5.74, 6) is 0.854. The van der Waals surface area contributed by atoms with E-state index in [-0.39, 0.29) is 11.6 Å². The molecule has 1 saturated carbocycles. The molecule has 2 N–H and O–H groups in total. The highest BCUT2D eigenvalue weighted by molar-refractivity contribution is 4.94. The van der Waals surface area contributed by atoms with E-state index in [1.54, 1.807) is 0 Å². The van der Waals surface area contributed by atoms with Gasteiger partial charge in [0.05, 0.1) is 5.60 Å². The van der Waals surface area contributed by atoms with Crippen molar-refractivity contribution in [1.29, 1.82) is 0 Å². The highest BCUT2D eigenvalue weighted by atomic mass is 16.5. The van der Waals surface area contributed by atoms with Gasteiger partial charge in [0.1, 0.15) is 0 Å². The van der Waals surface area contributed by atoms with Gasteiger partial charge < -0.3 is 10.5 Å². The van der Waals surface area contributed by atoms with Gasteiger partial charge >= 0.3 is 0 Å². The molecule has 1 rings (SSSR count). The lowest BCUT2D eigenvalue weighted by atomic mass is 9.75. The van der Waals surface area contributed by atoms with Crippen molar-refractivity contribution in [2.24, 2.45) is 11.7 Å². The first-order valence-electron chi connectivity index (χ1n) is 6.04. The first-order chi connectivity index (χ1) is 6.64. The van der Waals surface area contributed by atoms with Crippen LogP contribution in [0.15, 0.2) is 0 Å². The average Bonchev–Trinajstić information content (AvgIpc) is 2.21. The van der Waals surface area contributed by atoms with Gasteiger partial charge in [-0.15, -0.1) is 0 Å². The molecule has 14 heavy (non-hydrogen) atoms. The van der Waals surface area contributed by atoms with Crippen molar-refractivity contribution in [1.82, 2.24) is 0 Å². The molecule has 0 bridgehead atoms. The van der Waals surface area contributed by atoms with Crippen LogP contribution in [0.5, 0.6) is 0 Å². The smallest absolute Gasteiger partial charge is 0.0832 e. The Kier molecular flexibility index (Phi) is 4.39. The van der Waals surface area contributed by atoms with Gasteiger partial charge in [-0.2, -0.15) is 0 Å². The van der Waals surface area contributed by atoms with Gasteiger partial charge in [0.15, 0.2) is 0 Å². The van der Waals surface area contributed by atoms with Crippen LogP contribution in [0.3, 0.4) is 0 Å². The summed E-state index contributed by atoms with van der Waals surface area (Å²) in [6, 6.07) is 0.218. The third kappa shape index (κ3) is 2.48. The van der Waals surface area contributed by atoms with Crippen molar-refractivity contribution in [2.75, 3.05) is 6.61 Å². The molecule has 0 amide bonds. The summed E-state index contributed by atoms with van der Waals surface area (Å²) < 4.78 is 5.95. The van der Waals surface area contributed by atoms with Gasteiger partial charge in [-0.1, -0.05) is 13.8 Å². The first kappa shape index (κ1) is 12.0. The standard InChI is InChI=1S/C12H25NO/c1-4-11(13)12(14-5-2)8-6-10(3)7-9-12/h10-11H,4-9,13H2,1-3H3/t10?,11-,12?/m1/s1. The quantitative estimate of drug-likeness (QED) is 0.755. The second kappa shape index (κ2) is 5.13. The molecule has 0 saturated heterocycles. The molecule has 0 heterocycles. The van der Waals surface area contributed by atoms with Crippen molar-refractivity contribution < 1.29 is 4.74 Å². The highest BCUT2D eigenvalue weighted by Gasteiger charge is 2.39. The van der Waals surface area contributed by atoms with Crippen molar-refractivity contribution in [3.05, 3.63) is 0 Å². The molecule has 0 spiro atoms. The van der Waals surface area contributed by atoms with Crippen LogP contribution in [0.1, 0.15) is 52.9 Å². The van der Waals surface area contributed by atoms with Crippen LogP contribution >= 0.6 is 0 Å². The summed E-state index contributed by atoms with van der Waals surface area (Å²) in [6.45, 7) is 7.35. The molecule has 1 fully saturated rings. The predicted molar refractivity (Wildman–Crippen MR) is 60.3 cm³/mol. The third-order valence-corrected chi connectivity index (χ3v) is 3.67. The Hall–Kier alpha value is -0.0800. The Morgan fingerprint density at radius 1 is 1.36 bits per heavy atom. The molecule has 0 aromatic heterocycles. The highest BCUT2D eigenvalue weighted by Crippen LogP contribution is 2.37. The van der Waals surface area contributed by atoms with Crippen LogP contribution in [0.25, 0.3) is 0 Å². The molecule has 0 aromatic rings. The molecule has 1 atom stereocenters. The van der Waals surface area contributed by atoms with Gasteiger partial charge in [0, 0.05) is 12.6 Å². The molecular formula is C12H25NO. The van der Waals surface area contributed by atoms with Crippen molar-refractivity contribution in [3.8, 4) is 0 Å². The molecule has 2 nitrogen and oxygen atoms in total. The molecular weight excluding hydrogens is 174 g/mol. The van der Waals surface area contributed by atoms with Crippen molar-refractivity contribution in [3.63, 3.8) is 0 Å². The van der Waals surface area contributed by atoms with E-state index in [1.807, 2.05) is 0 Å². The zero-order valence-electron chi connectivity index (χ0n) is 9.88. The van der Waals surface area contributed by atoms with Crippen LogP contribution in [0.2, 0.25) is 0 Å². The fraction of sp³-hybridized carbons (Fsp3) is 1.00. The first-order valence-corrected chi connectivity index (χ1v) is 6.04. The monoisotopic (exact) mass is 199 g/mol. The maximum atomic E-state index is 6.19. The van der Waals surface area contributed by atoms with Gasteiger partial charge in [-0.25, -0.2) is 0 Å². The zero-order valence-corrected chi connectivity index (χ0v) is 9.88. The lowest BCUT2D eigenvalue weighted by Gasteiger charge is -2.43. The number of hydrogen-bond donors (Lipinski definition) is 1.